The minimum Gasteiger partial charge on any atom is -0.330 e. The Kier molecular flexibility index (Phi) is 22.0. The Balaban J connectivity index is 0.000000639. The van der Waals surface area contributed by atoms with Gasteiger partial charge in [-0.3, -0.25) is 4.52 Å². The van der Waals surface area contributed by atoms with Gasteiger partial charge in [0.15, 0.2) is 0 Å². The lowest BCUT2D eigenvalue weighted by molar-refractivity contribution is 0.189. The van der Waals surface area contributed by atoms with Crippen molar-refractivity contribution in [2.75, 3.05) is 6.54 Å². The predicted octanol–water partition coefficient (Wildman–Crippen LogP) is 7.50. The minimum absolute atomic E-state index is 0.0644. The number of phosphoric ester groups is 1. The molecule has 5 nitrogen and oxygen atoms in total. The fourth-order valence-corrected chi connectivity index (χ4v) is 3.74. The van der Waals surface area contributed by atoms with Gasteiger partial charge in [0.1, 0.15) is 0 Å². The van der Waals surface area contributed by atoms with Crippen LogP contribution in [0.3, 0.4) is 0 Å². The molecule has 1 aromatic carbocycles. The molecule has 182 valence electrons. The summed E-state index contributed by atoms with van der Waals surface area (Å²) in [5.41, 5.74) is 6.22. The van der Waals surface area contributed by atoms with Crippen LogP contribution in [0.1, 0.15) is 115 Å². The molecule has 0 spiro atoms. The molecule has 0 saturated carbocycles. The third-order valence-electron chi connectivity index (χ3n) is 5.30. The van der Waals surface area contributed by atoms with Gasteiger partial charge in [0.05, 0.1) is 6.61 Å². The zero-order valence-corrected chi connectivity index (χ0v) is 20.7. The van der Waals surface area contributed by atoms with Crippen molar-refractivity contribution in [2.24, 2.45) is 5.73 Å². The van der Waals surface area contributed by atoms with E-state index in [4.69, 9.17) is 15.5 Å². The van der Waals surface area contributed by atoms with E-state index < -0.39 is 7.82 Å². The molecule has 0 aliphatic rings. The van der Waals surface area contributed by atoms with Crippen molar-refractivity contribution in [3.63, 3.8) is 0 Å². The summed E-state index contributed by atoms with van der Waals surface area (Å²) in [6, 6.07) is 8.84. The average Bonchev–Trinajstić information content (AvgIpc) is 2.76. The van der Waals surface area contributed by atoms with Crippen LogP contribution < -0.4 is 5.73 Å². The highest BCUT2D eigenvalue weighted by atomic mass is 31.2. The monoisotopic (exact) mass is 457 g/mol. The average molecular weight is 458 g/mol. The van der Waals surface area contributed by atoms with Crippen molar-refractivity contribution in [1.82, 2.24) is 0 Å². The van der Waals surface area contributed by atoms with Crippen LogP contribution >= 0.6 is 7.82 Å². The van der Waals surface area contributed by atoms with Gasteiger partial charge in [-0.15, -0.1) is 0 Å². The van der Waals surface area contributed by atoms with E-state index in [1.807, 2.05) is 6.07 Å². The van der Waals surface area contributed by atoms with Crippen LogP contribution in [0.4, 0.5) is 0 Å². The van der Waals surface area contributed by atoms with Crippen LogP contribution in [-0.4, -0.2) is 16.3 Å². The maximum absolute atomic E-state index is 10.3. The van der Waals surface area contributed by atoms with Crippen LogP contribution in [0.25, 0.3) is 0 Å². The predicted molar refractivity (Wildman–Crippen MR) is 132 cm³/mol. The third-order valence-corrected chi connectivity index (χ3v) is 5.77. The highest BCUT2D eigenvalue weighted by Gasteiger charge is 2.12. The summed E-state index contributed by atoms with van der Waals surface area (Å²) in [7, 11) is -4.33. The summed E-state index contributed by atoms with van der Waals surface area (Å²) in [5.74, 6) is 0. The van der Waals surface area contributed by atoms with E-state index in [2.05, 4.69) is 11.4 Å². The molecule has 0 fully saturated rings. The first-order chi connectivity index (χ1) is 15.0. The Morgan fingerprint density at radius 1 is 0.710 bits per heavy atom. The third kappa shape index (κ3) is 25.4. The smallest absolute Gasteiger partial charge is 0.330 e. The van der Waals surface area contributed by atoms with Crippen molar-refractivity contribution in [1.29, 1.82) is 0 Å². The normalized spacial score (nSPS) is 11.2. The summed E-state index contributed by atoms with van der Waals surface area (Å²) in [4.78, 5) is 16.7. The number of hydrogen-bond acceptors (Lipinski definition) is 3. The molecule has 0 radical (unpaired) electrons. The molecule has 0 bridgehead atoms. The van der Waals surface area contributed by atoms with E-state index in [1.54, 1.807) is 24.3 Å². The Morgan fingerprint density at radius 3 is 1.45 bits per heavy atom. The highest BCUT2D eigenvalue weighted by Crippen LogP contribution is 2.36. The molecule has 0 amide bonds. The SMILES string of the molecule is CCCCCCCCCCCCCCCCCCN.O=P(O)(O)OCc1ccccc1. The molecule has 1 rings (SSSR count). The largest absolute Gasteiger partial charge is 0.469 e. The van der Waals surface area contributed by atoms with Gasteiger partial charge in [0.2, 0.25) is 0 Å². The molecular weight excluding hydrogens is 409 g/mol. The van der Waals surface area contributed by atoms with Crippen molar-refractivity contribution >= 4 is 7.82 Å². The Morgan fingerprint density at radius 2 is 1.10 bits per heavy atom. The molecule has 0 aliphatic heterocycles. The number of benzene rings is 1. The molecule has 0 aromatic heterocycles. The zero-order chi connectivity index (χ0) is 23.0. The molecule has 0 aliphatic carbocycles. The lowest BCUT2D eigenvalue weighted by Crippen LogP contribution is -1.97. The summed E-state index contributed by atoms with van der Waals surface area (Å²) >= 11 is 0. The molecule has 0 heterocycles. The van der Waals surface area contributed by atoms with E-state index in [0.717, 1.165) is 12.1 Å². The van der Waals surface area contributed by atoms with E-state index in [0.29, 0.717) is 0 Å². The first-order valence-corrected chi connectivity index (χ1v) is 14.0. The Bertz CT molecular complexity index is 506. The van der Waals surface area contributed by atoms with Gasteiger partial charge < -0.3 is 15.5 Å². The van der Waals surface area contributed by atoms with Gasteiger partial charge in [-0.1, -0.05) is 134 Å². The molecule has 4 N–H and O–H groups in total. The number of hydrogen-bond donors (Lipinski definition) is 3. The molecule has 31 heavy (non-hydrogen) atoms. The van der Waals surface area contributed by atoms with Crippen LogP contribution in [0, 0.1) is 0 Å². The summed E-state index contributed by atoms with van der Waals surface area (Å²) < 4.78 is 14.6. The van der Waals surface area contributed by atoms with Gasteiger partial charge in [0, 0.05) is 0 Å². The second kappa shape index (κ2) is 22.5. The topological polar surface area (TPSA) is 92.8 Å². The van der Waals surface area contributed by atoms with Gasteiger partial charge >= 0.3 is 7.82 Å². The lowest BCUT2D eigenvalue weighted by Gasteiger charge is -2.03. The quantitative estimate of drug-likeness (QED) is 0.148. The molecule has 0 atom stereocenters. The molecule has 0 saturated heterocycles. The Labute approximate surface area is 191 Å². The minimum atomic E-state index is -4.33. The van der Waals surface area contributed by atoms with Crippen molar-refractivity contribution in [2.45, 2.75) is 116 Å². The second-order valence-corrected chi connectivity index (χ2v) is 9.58. The lowest BCUT2D eigenvalue weighted by atomic mass is 10.0. The van der Waals surface area contributed by atoms with E-state index in [-0.39, 0.29) is 6.61 Å². The van der Waals surface area contributed by atoms with Gasteiger partial charge in [0.25, 0.3) is 0 Å². The molecule has 1 aromatic rings. The van der Waals surface area contributed by atoms with E-state index in [1.165, 1.54) is 103 Å². The van der Waals surface area contributed by atoms with Crippen LogP contribution in [0.2, 0.25) is 0 Å². The molecular formula is C25H48NO4P. The van der Waals surface area contributed by atoms with E-state index >= 15 is 0 Å². The van der Waals surface area contributed by atoms with Crippen LogP contribution in [-0.2, 0) is 15.7 Å². The van der Waals surface area contributed by atoms with Gasteiger partial charge in [-0.05, 0) is 18.5 Å². The number of rotatable bonds is 19. The standard InChI is InChI=1S/C18H39N.C7H9O4P/c1-2-3-4-5-6-7-8-9-10-11-12-13-14-15-16-17-18-19;8-12(9,10)11-6-7-4-2-1-3-5-7/h2-19H2,1H3;1-5H,6H2,(H2,8,9,10). The van der Waals surface area contributed by atoms with Crippen LogP contribution in [0.5, 0.6) is 0 Å². The Hall–Kier alpha value is -0.710. The maximum atomic E-state index is 10.3. The first kappa shape index (κ1) is 30.3. The molecule has 6 heteroatoms. The fourth-order valence-electron chi connectivity index (χ4n) is 3.43. The zero-order valence-electron chi connectivity index (χ0n) is 19.9. The van der Waals surface area contributed by atoms with Crippen LogP contribution in [0.15, 0.2) is 30.3 Å². The van der Waals surface area contributed by atoms with E-state index in [9.17, 15) is 4.57 Å². The van der Waals surface area contributed by atoms with Crippen molar-refractivity contribution < 1.29 is 18.9 Å². The van der Waals surface area contributed by atoms with Gasteiger partial charge in [-0.25, -0.2) is 4.57 Å². The highest BCUT2D eigenvalue weighted by molar-refractivity contribution is 7.46. The first-order valence-electron chi connectivity index (χ1n) is 12.4. The number of phosphoric acid groups is 1. The summed E-state index contributed by atoms with van der Waals surface area (Å²) in [6.45, 7) is 3.10. The molecule has 0 unspecified atom stereocenters. The summed E-state index contributed by atoms with van der Waals surface area (Å²) in [6.07, 6.45) is 22.9. The number of nitrogens with two attached hydrogens (primary N) is 1. The van der Waals surface area contributed by atoms with Crippen molar-refractivity contribution in [3.05, 3.63) is 35.9 Å². The van der Waals surface area contributed by atoms with Gasteiger partial charge in [-0.2, -0.15) is 0 Å². The van der Waals surface area contributed by atoms with Crippen molar-refractivity contribution in [3.8, 4) is 0 Å². The number of unbranched alkanes of at least 4 members (excludes halogenated alkanes) is 15. The maximum Gasteiger partial charge on any atom is 0.469 e. The summed E-state index contributed by atoms with van der Waals surface area (Å²) in [5, 5.41) is 0. The second-order valence-electron chi connectivity index (χ2n) is 8.34. The fraction of sp³-hybridized carbons (Fsp3) is 0.760.